The molecule has 1 heterocycles. The number of hydrogen-bond acceptors (Lipinski definition) is 6. The molecule has 0 unspecified atom stereocenters. The third-order valence-corrected chi connectivity index (χ3v) is 7.84. The van der Waals surface area contributed by atoms with Gasteiger partial charge in [0, 0.05) is 41.1 Å². The van der Waals surface area contributed by atoms with E-state index in [-0.39, 0.29) is 25.0 Å². The monoisotopic (exact) mass is 589 g/mol. The Balaban J connectivity index is 1.42. The zero-order chi connectivity index (χ0) is 27.2. The summed E-state index contributed by atoms with van der Waals surface area (Å²) in [6, 6.07) is 23.5. The number of nitrogens with zero attached hydrogens (tertiary/aromatic N) is 1. The Hall–Kier alpha value is -3.46. The standard InChI is InChI=1S/C31H32BrN3O4/c1-2-16-31(30(37)35-34-24-19-22-8-3-4-9-23(22)20-24)28(26-10-5-6-11-27(26)32)39-29(33-31)21-12-14-25(15-13-21)38-18-7-17-36/h2-6,8-15,24,28,34,36H,1,7,16-20H2,(H,35,37)/t28-,31-/m0/s1. The number of aliphatic hydroxyl groups is 1. The summed E-state index contributed by atoms with van der Waals surface area (Å²) in [5.74, 6) is 0.783. The second-order valence-electron chi connectivity index (χ2n) is 9.78. The van der Waals surface area contributed by atoms with Gasteiger partial charge in [-0.1, -0.05) is 64.5 Å². The molecule has 39 heavy (non-hydrogen) atoms. The average molecular weight is 591 g/mol. The van der Waals surface area contributed by atoms with E-state index in [0.29, 0.717) is 24.7 Å². The summed E-state index contributed by atoms with van der Waals surface area (Å²) in [5.41, 5.74) is 9.12. The molecule has 5 rings (SSSR count). The minimum Gasteiger partial charge on any atom is -0.494 e. The molecule has 0 saturated heterocycles. The predicted molar refractivity (Wildman–Crippen MR) is 155 cm³/mol. The van der Waals surface area contributed by atoms with Crippen molar-refractivity contribution in [2.45, 2.75) is 43.4 Å². The molecule has 1 aliphatic heterocycles. The van der Waals surface area contributed by atoms with Crippen LogP contribution in [0, 0.1) is 0 Å². The summed E-state index contributed by atoms with van der Waals surface area (Å²) in [6.45, 7) is 4.45. The average Bonchev–Trinajstić information content (AvgIpc) is 3.55. The van der Waals surface area contributed by atoms with E-state index in [1.165, 1.54) is 11.1 Å². The predicted octanol–water partition coefficient (Wildman–Crippen LogP) is 4.83. The maximum atomic E-state index is 14.0. The molecule has 3 aromatic rings. The summed E-state index contributed by atoms with van der Waals surface area (Å²) < 4.78 is 13.0. The van der Waals surface area contributed by atoms with Gasteiger partial charge >= 0.3 is 0 Å². The first-order valence-corrected chi connectivity index (χ1v) is 13.9. The smallest absolute Gasteiger partial charge is 0.266 e. The SMILES string of the molecule is C=CC[C@]1(C(=O)NNC2Cc3ccccc3C2)N=C(c2ccc(OCCCO)cc2)O[C@H]1c1ccccc1Br. The highest BCUT2D eigenvalue weighted by atomic mass is 79.9. The maximum Gasteiger partial charge on any atom is 0.266 e. The number of ether oxygens (including phenoxy) is 2. The van der Waals surface area contributed by atoms with Crippen LogP contribution in [-0.2, 0) is 22.4 Å². The molecule has 0 fully saturated rings. The third kappa shape index (κ3) is 5.78. The third-order valence-electron chi connectivity index (χ3n) is 7.11. The number of hydrazine groups is 1. The van der Waals surface area contributed by atoms with Crippen LogP contribution in [0.5, 0.6) is 5.75 Å². The number of fused-ring (bicyclic) bond motifs is 1. The molecular formula is C31H32BrN3O4. The van der Waals surface area contributed by atoms with Crippen LogP contribution in [0.25, 0.3) is 0 Å². The van der Waals surface area contributed by atoms with Gasteiger partial charge in [-0.2, -0.15) is 0 Å². The number of carbonyl (C=O) groups is 1. The van der Waals surface area contributed by atoms with E-state index in [0.717, 1.165) is 28.4 Å². The molecule has 0 saturated carbocycles. The van der Waals surface area contributed by atoms with Crippen LogP contribution >= 0.6 is 15.9 Å². The van der Waals surface area contributed by atoms with E-state index in [1.807, 2.05) is 60.7 Å². The Morgan fingerprint density at radius 2 is 1.79 bits per heavy atom. The molecule has 2 atom stereocenters. The van der Waals surface area contributed by atoms with Crippen molar-refractivity contribution in [1.82, 2.24) is 10.9 Å². The van der Waals surface area contributed by atoms with Gasteiger partial charge in [0.2, 0.25) is 5.90 Å². The topological polar surface area (TPSA) is 92.2 Å². The van der Waals surface area contributed by atoms with Gasteiger partial charge < -0.3 is 14.6 Å². The fraction of sp³-hybridized carbons (Fsp3) is 0.290. The van der Waals surface area contributed by atoms with Crippen LogP contribution in [0.2, 0.25) is 0 Å². The molecule has 0 radical (unpaired) electrons. The maximum absolute atomic E-state index is 14.0. The summed E-state index contributed by atoms with van der Waals surface area (Å²) in [6.07, 6.45) is 3.56. The number of carbonyl (C=O) groups excluding carboxylic acids is 1. The number of aliphatic hydroxyl groups excluding tert-OH is 1. The lowest BCUT2D eigenvalue weighted by atomic mass is 9.84. The summed E-state index contributed by atoms with van der Waals surface area (Å²) in [4.78, 5) is 18.9. The van der Waals surface area contributed by atoms with Crippen molar-refractivity contribution in [2.75, 3.05) is 13.2 Å². The van der Waals surface area contributed by atoms with Crippen molar-refractivity contribution in [3.05, 3.63) is 112 Å². The molecule has 0 bridgehead atoms. The zero-order valence-electron chi connectivity index (χ0n) is 21.6. The van der Waals surface area contributed by atoms with Gasteiger partial charge in [0.1, 0.15) is 5.75 Å². The van der Waals surface area contributed by atoms with Crippen molar-refractivity contribution in [3.8, 4) is 5.75 Å². The van der Waals surface area contributed by atoms with Crippen LogP contribution in [0.3, 0.4) is 0 Å². The number of nitrogens with one attached hydrogen (secondary N) is 2. The largest absolute Gasteiger partial charge is 0.494 e. The number of aliphatic imine (C=N–C) groups is 1. The first-order valence-electron chi connectivity index (χ1n) is 13.1. The van der Waals surface area contributed by atoms with Gasteiger partial charge in [0.15, 0.2) is 11.6 Å². The Morgan fingerprint density at radius 1 is 1.10 bits per heavy atom. The number of benzene rings is 3. The molecular weight excluding hydrogens is 558 g/mol. The molecule has 1 amide bonds. The van der Waals surface area contributed by atoms with Gasteiger partial charge in [-0.25, -0.2) is 10.4 Å². The fourth-order valence-corrected chi connectivity index (χ4v) is 5.63. The second-order valence-corrected chi connectivity index (χ2v) is 10.6. The molecule has 3 aromatic carbocycles. The first-order chi connectivity index (χ1) is 19.0. The van der Waals surface area contributed by atoms with E-state index in [1.54, 1.807) is 6.08 Å². The highest BCUT2D eigenvalue weighted by Crippen LogP contribution is 2.44. The highest BCUT2D eigenvalue weighted by molar-refractivity contribution is 9.10. The fourth-order valence-electron chi connectivity index (χ4n) is 5.14. The van der Waals surface area contributed by atoms with Crippen molar-refractivity contribution >= 4 is 27.7 Å². The number of amides is 1. The van der Waals surface area contributed by atoms with E-state index >= 15 is 0 Å². The van der Waals surface area contributed by atoms with Crippen molar-refractivity contribution < 1.29 is 19.4 Å². The molecule has 2 aliphatic rings. The normalized spacial score (nSPS) is 20.2. The van der Waals surface area contributed by atoms with Crippen molar-refractivity contribution in [2.24, 2.45) is 4.99 Å². The number of rotatable bonds is 11. The van der Waals surface area contributed by atoms with Gasteiger partial charge in [-0.15, -0.1) is 6.58 Å². The van der Waals surface area contributed by atoms with Gasteiger partial charge in [-0.3, -0.25) is 10.2 Å². The van der Waals surface area contributed by atoms with Crippen LogP contribution in [-0.4, -0.2) is 41.7 Å². The number of hydrogen-bond donors (Lipinski definition) is 3. The highest BCUT2D eigenvalue weighted by Gasteiger charge is 2.53. The lowest BCUT2D eigenvalue weighted by Crippen LogP contribution is -2.55. The van der Waals surface area contributed by atoms with Gasteiger partial charge in [-0.05, 0) is 54.3 Å². The Kier molecular flexibility index (Phi) is 8.45. The van der Waals surface area contributed by atoms with Crippen LogP contribution in [0.1, 0.15) is 41.2 Å². The second kappa shape index (κ2) is 12.2. The van der Waals surface area contributed by atoms with E-state index < -0.39 is 11.6 Å². The van der Waals surface area contributed by atoms with Crippen molar-refractivity contribution in [1.29, 1.82) is 0 Å². The Bertz CT molecular complexity index is 1330. The lowest BCUT2D eigenvalue weighted by molar-refractivity contribution is -0.130. The minimum absolute atomic E-state index is 0.0785. The van der Waals surface area contributed by atoms with Crippen molar-refractivity contribution in [3.63, 3.8) is 0 Å². The summed E-state index contributed by atoms with van der Waals surface area (Å²) in [7, 11) is 0. The molecule has 202 valence electrons. The summed E-state index contributed by atoms with van der Waals surface area (Å²) >= 11 is 3.64. The molecule has 8 heteroatoms. The Morgan fingerprint density at radius 3 is 2.46 bits per heavy atom. The van der Waals surface area contributed by atoms with Crippen LogP contribution in [0.4, 0.5) is 0 Å². The zero-order valence-corrected chi connectivity index (χ0v) is 23.2. The van der Waals surface area contributed by atoms with E-state index in [2.05, 4.69) is 45.5 Å². The van der Waals surface area contributed by atoms with Crippen LogP contribution in [0.15, 0.2) is 94.9 Å². The minimum atomic E-state index is -1.27. The van der Waals surface area contributed by atoms with Gasteiger partial charge in [0.05, 0.1) is 6.61 Å². The van der Waals surface area contributed by atoms with E-state index in [4.69, 9.17) is 19.6 Å². The quantitative estimate of drug-likeness (QED) is 0.169. The Labute approximate surface area is 237 Å². The molecule has 0 spiro atoms. The first kappa shape index (κ1) is 27.1. The molecule has 7 nitrogen and oxygen atoms in total. The summed E-state index contributed by atoms with van der Waals surface area (Å²) in [5, 5.41) is 8.99. The number of halogens is 1. The molecule has 3 N–H and O–H groups in total. The van der Waals surface area contributed by atoms with Gasteiger partial charge in [0.25, 0.3) is 5.91 Å². The van der Waals surface area contributed by atoms with Crippen LogP contribution < -0.4 is 15.6 Å². The van der Waals surface area contributed by atoms with E-state index in [9.17, 15) is 4.79 Å². The lowest BCUT2D eigenvalue weighted by Gasteiger charge is -2.30. The molecule has 1 aliphatic carbocycles. The molecule has 0 aromatic heterocycles.